The van der Waals surface area contributed by atoms with Gasteiger partial charge in [-0.05, 0) is 48.7 Å². The SMILES string of the molecule is N[C@H](Cc1ccc(O)cc1)C(=O)NCCCNc1ccc2c(c1)C(=O)c1ccccc1C2=O. The Morgan fingerprint density at radius 2 is 1.48 bits per heavy atom. The molecular weight excluding hydrogens is 418 g/mol. The number of aromatic hydroxyl groups is 1. The first-order chi connectivity index (χ1) is 15.9. The number of nitrogens with one attached hydrogen (secondary N) is 2. The van der Waals surface area contributed by atoms with Gasteiger partial charge in [0.15, 0.2) is 11.6 Å². The van der Waals surface area contributed by atoms with Gasteiger partial charge in [-0.15, -0.1) is 0 Å². The molecule has 0 fully saturated rings. The normalized spacial score (nSPS) is 13.1. The van der Waals surface area contributed by atoms with E-state index >= 15 is 0 Å². The van der Waals surface area contributed by atoms with Crippen molar-refractivity contribution < 1.29 is 19.5 Å². The molecule has 7 nitrogen and oxygen atoms in total. The Bertz CT molecular complexity index is 1200. The molecule has 5 N–H and O–H groups in total. The molecule has 0 saturated carbocycles. The van der Waals surface area contributed by atoms with Gasteiger partial charge in [0.2, 0.25) is 5.91 Å². The lowest BCUT2D eigenvalue weighted by Crippen LogP contribution is -2.42. The molecule has 1 aliphatic rings. The van der Waals surface area contributed by atoms with Gasteiger partial charge in [-0.3, -0.25) is 14.4 Å². The third-order valence-corrected chi connectivity index (χ3v) is 5.64. The topological polar surface area (TPSA) is 122 Å². The van der Waals surface area contributed by atoms with Gasteiger partial charge >= 0.3 is 0 Å². The second kappa shape index (κ2) is 9.67. The summed E-state index contributed by atoms with van der Waals surface area (Å²) in [4.78, 5) is 37.7. The molecule has 1 atom stereocenters. The van der Waals surface area contributed by atoms with Crippen molar-refractivity contribution in [1.29, 1.82) is 0 Å². The number of ketones is 2. The first-order valence-corrected chi connectivity index (χ1v) is 10.8. The number of amides is 1. The fourth-order valence-corrected chi connectivity index (χ4v) is 3.85. The van der Waals surface area contributed by atoms with Crippen LogP contribution in [-0.2, 0) is 11.2 Å². The highest BCUT2D eigenvalue weighted by Crippen LogP contribution is 2.29. The highest BCUT2D eigenvalue weighted by atomic mass is 16.3. The zero-order valence-corrected chi connectivity index (χ0v) is 18.0. The van der Waals surface area contributed by atoms with E-state index in [2.05, 4.69) is 10.6 Å². The highest BCUT2D eigenvalue weighted by Gasteiger charge is 2.29. The number of hydrogen-bond acceptors (Lipinski definition) is 6. The minimum atomic E-state index is -0.672. The summed E-state index contributed by atoms with van der Waals surface area (Å²) < 4.78 is 0. The van der Waals surface area contributed by atoms with Crippen molar-refractivity contribution in [2.24, 2.45) is 5.73 Å². The molecule has 0 unspecified atom stereocenters. The van der Waals surface area contributed by atoms with Crippen LogP contribution in [0.15, 0.2) is 66.7 Å². The van der Waals surface area contributed by atoms with Crippen LogP contribution in [0.4, 0.5) is 5.69 Å². The van der Waals surface area contributed by atoms with Crippen LogP contribution in [0.25, 0.3) is 0 Å². The Labute approximate surface area is 191 Å². The minimum Gasteiger partial charge on any atom is -0.508 e. The molecule has 1 aliphatic carbocycles. The van der Waals surface area contributed by atoms with Crippen molar-refractivity contribution in [3.05, 3.63) is 94.5 Å². The zero-order valence-electron chi connectivity index (χ0n) is 18.0. The average molecular weight is 444 g/mol. The number of fused-ring (bicyclic) bond motifs is 2. The Kier molecular flexibility index (Phi) is 6.51. The first-order valence-electron chi connectivity index (χ1n) is 10.8. The molecule has 1 amide bonds. The molecule has 3 aromatic rings. The standard InChI is InChI=1S/C26H25N3O4/c27-23(14-16-6-9-18(30)10-7-16)26(33)29-13-3-12-28-17-8-11-21-22(15-17)25(32)20-5-2-1-4-19(20)24(21)31/h1-2,4-11,15,23,28,30H,3,12-14,27H2,(H,29,33)/t23-/m1/s1. The van der Waals surface area contributed by atoms with E-state index in [9.17, 15) is 19.5 Å². The largest absolute Gasteiger partial charge is 0.508 e. The number of phenolic OH excluding ortho intramolecular Hbond substituents is 1. The van der Waals surface area contributed by atoms with Gasteiger partial charge in [0.05, 0.1) is 6.04 Å². The van der Waals surface area contributed by atoms with Gasteiger partial charge in [-0.2, -0.15) is 0 Å². The van der Waals surface area contributed by atoms with E-state index < -0.39 is 6.04 Å². The summed E-state index contributed by atoms with van der Waals surface area (Å²) in [6, 6.07) is 18.0. The number of hydrogen-bond donors (Lipinski definition) is 4. The molecular formula is C26H25N3O4. The fraction of sp³-hybridized carbons (Fsp3) is 0.192. The molecule has 168 valence electrons. The summed E-state index contributed by atoms with van der Waals surface area (Å²) in [7, 11) is 0. The van der Waals surface area contributed by atoms with E-state index in [1.54, 1.807) is 66.7 Å². The van der Waals surface area contributed by atoms with Crippen molar-refractivity contribution in [3.8, 4) is 5.75 Å². The summed E-state index contributed by atoms with van der Waals surface area (Å²) in [5, 5.41) is 15.4. The predicted octanol–water partition coefficient (Wildman–Crippen LogP) is 2.66. The maximum Gasteiger partial charge on any atom is 0.237 e. The number of carbonyl (C=O) groups excluding carboxylic acids is 3. The van der Waals surface area contributed by atoms with Crippen molar-refractivity contribution >= 4 is 23.2 Å². The molecule has 0 saturated heterocycles. The molecule has 0 heterocycles. The second-order valence-corrected chi connectivity index (χ2v) is 8.01. The number of anilines is 1. The third kappa shape index (κ3) is 4.94. The fourth-order valence-electron chi connectivity index (χ4n) is 3.85. The highest BCUT2D eigenvalue weighted by molar-refractivity contribution is 6.28. The number of carbonyl (C=O) groups is 3. The minimum absolute atomic E-state index is 0.141. The van der Waals surface area contributed by atoms with Crippen LogP contribution >= 0.6 is 0 Å². The molecule has 3 aromatic carbocycles. The van der Waals surface area contributed by atoms with Crippen LogP contribution in [0.3, 0.4) is 0 Å². The van der Waals surface area contributed by atoms with E-state index in [4.69, 9.17) is 5.73 Å². The number of benzene rings is 3. The quantitative estimate of drug-likeness (QED) is 0.311. The third-order valence-electron chi connectivity index (χ3n) is 5.64. The number of rotatable bonds is 8. The van der Waals surface area contributed by atoms with Gasteiger partial charge in [0, 0.05) is 41.0 Å². The summed E-state index contributed by atoms with van der Waals surface area (Å²) in [5.74, 6) is -0.361. The smallest absolute Gasteiger partial charge is 0.237 e. The molecule has 0 radical (unpaired) electrons. The van der Waals surface area contributed by atoms with Crippen LogP contribution in [-0.4, -0.2) is 41.7 Å². The monoisotopic (exact) mass is 443 g/mol. The van der Waals surface area contributed by atoms with Gasteiger partial charge in [-0.25, -0.2) is 0 Å². The predicted molar refractivity (Wildman–Crippen MR) is 126 cm³/mol. The van der Waals surface area contributed by atoms with Crippen molar-refractivity contribution in [1.82, 2.24) is 5.32 Å². The van der Waals surface area contributed by atoms with Crippen molar-refractivity contribution in [2.45, 2.75) is 18.9 Å². The Morgan fingerprint density at radius 3 is 2.18 bits per heavy atom. The van der Waals surface area contributed by atoms with Gasteiger partial charge in [0.1, 0.15) is 5.75 Å². The molecule has 4 rings (SSSR count). The number of nitrogens with two attached hydrogens (primary N) is 1. The summed E-state index contributed by atoms with van der Waals surface area (Å²) in [5.41, 5.74) is 9.27. The van der Waals surface area contributed by atoms with Crippen LogP contribution in [0, 0.1) is 0 Å². The zero-order chi connectivity index (χ0) is 23.4. The van der Waals surface area contributed by atoms with Crippen LogP contribution in [0.5, 0.6) is 5.75 Å². The summed E-state index contributed by atoms with van der Waals surface area (Å²) in [6.45, 7) is 1.02. The molecule has 0 bridgehead atoms. The lowest BCUT2D eigenvalue weighted by atomic mass is 9.84. The van der Waals surface area contributed by atoms with E-state index in [0.717, 1.165) is 11.3 Å². The molecule has 0 aliphatic heterocycles. The lowest BCUT2D eigenvalue weighted by molar-refractivity contribution is -0.122. The van der Waals surface area contributed by atoms with E-state index in [1.807, 2.05) is 0 Å². The van der Waals surface area contributed by atoms with Crippen LogP contribution in [0.2, 0.25) is 0 Å². The Balaban J connectivity index is 1.26. The van der Waals surface area contributed by atoms with E-state index in [1.165, 1.54) is 0 Å². The number of phenols is 1. The van der Waals surface area contributed by atoms with Crippen LogP contribution in [0.1, 0.15) is 43.8 Å². The average Bonchev–Trinajstić information content (AvgIpc) is 2.83. The van der Waals surface area contributed by atoms with E-state index in [0.29, 0.717) is 48.2 Å². The summed E-state index contributed by atoms with van der Waals surface area (Å²) in [6.07, 6.45) is 1.04. The van der Waals surface area contributed by atoms with Gasteiger partial charge in [-0.1, -0.05) is 36.4 Å². The maximum absolute atomic E-state index is 12.8. The van der Waals surface area contributed by atoms with Crippen LogP contribution < -0.4 is 16.4 Å². The first kappa shape index (κ1) is 22.2. The van der Waals surface area contributed by atoms with Crippen molar-refractivity contribution in [2.75, 3.05) is 18.4 Å². The molecule has 7 heteroatoms. The molecule has 0 aromatic heterocycles. The maximum atomic E-state index is 12.8. The van der Waals surface area contributed by atoms with Crippen molar-refractivity contribution in [3.63, 3.8) is 0 Å². The Hall–Kier alpha value is -3.97. The second-order valence-electron chi connectivity index (χ2n) is 8.01. The van der Waals surface area contributed by atoms with Gasteiger partial charge < -0.3 is 21.5 Å². The lowest BCUT2D eigenvalue weighted by Gasteiger charge is -2.18. The van der Waals surface area contributed by atoms with Gasteiger partial charge in [0.25, 0.3) is 0 Å². The Morgan fingerprint density at radius 1 is 0.848 bits per heavy atom. The van der Waals surface area contributed by atoms with E-state index in [-0.39, 0.29) is 23.2 Å². The summed E-state index contributed by atoms with van der Waals surface area (Å²) >= 11 is 0. The molecule has 0 spiro atoms. The molecule has 33 heavy (non-hydrogen) atoms.